The van der Waals surface area contributed by atoms with Crippen molar-refractivity contribution in [1.82, 2.24) is 19.8 Å². The Kier molecular flexibility index (Phi) is 28.6. The van der Waals surface area contributed by atoms with Crippen molar-refractivity contribution in [2.75, 3.05) is 64.2 Å². The summed E-state index contributed by atoms with van der Waals surface area (Å²) in [7, 11) is 8.40. The predicted octanol–water partition coefficient (Wildman–Crippen LogP) is -3.45. The lowest BCUT2D eigenvalue weighted by atomic mass is 10.3. The van der Waals surface area contributed by atoms with Crippen molar-refractivity contribution >= 4 is 70.1 Å². The SMILES string of the molecule is CN(C)CCN(Cc1cccs1)c1ccccn1.CN(C)CCN(Cc1cccs1)c1ccccn1.O=C([O-])/C=C/C(=O)[O-].O=C([O-])/C=C/C(=O)[O-].O=C([O-])/C=C/C(=O)[O-]. The first-order valence-corrected chi connectivity index (χ1v) is 19.1. The van der Waals surface area contributed by atoms with Gasteiger partial charge in [0.25, 0.3) is 0 Å². The van der Waals surface area contributed by atoms with Gasteiger partial charge in [0.1, 0.15) is 11.6 Å². The van der Waals surface area contributed by atoms with Crippen LogP contribution in [0.5, 0.6) is 0 Å². The Labute approximate surface area is 355 Å². The zero-order valence-electron chi connectivity index (χ0n) is 33.2. The minimum absolute atomic E-state index is 0.384. The molecule has 0 unspecified atom stereocenters. The molecule has 0 aliphatic heterocycles. The van der Waals surface area contributed by atoms with Crippen molar-refractivity contribution in [3.05, 3.63) is 130 Å². The lowest BCUT2D eigenvalue weighted by Gasteiger charge is -2.24. The highest BCUT2D eigenvalue weighted by Crippen LogP contribution is 2.18. The van der Waals surface area contributed by atoms with Crippen molar-refractivity contribution < 1.29 is 59.4 Å². The molecule has 20 heteroatoms. The van der Waals surface area contributed by atoms with Gasteiger partial charge in [-0.3, -0.25) is 0 Å². The number of anilines is 2. The van der Waals surface area contributed by atoms with E-state index in [4.69, 9.17) is 0 Å². The van der Waals surface area contributed by atoms with Gasteiger partial charge in [-0.05, 0) is 112 Å². The van der Waals surface area contributed by atoms with Gasteiger partial charge in [-0.1, -0.05) is 24.3 Å². The van der Waals surface area contributed by atoms with E-state index in [1.165, 1.54) is 9.75 Å². The first-order chi connectivity index (χ1) is 28.4. The molecule has 4 heterocycles. The number of rotatable bonds is 18. The van der Waals surface area contributed by atoms with E-state index in [9.17, 15) is 59.4 Å². The molecule has 0 saturated carbocycles. The average Bonchev–Trinajstić information content (AvgIpc) is 3.92. The van der Waals surface area contributed by atoms with Gasteiger partial charge in [0, 0.05) is 48.3 Å². The molecule has 0 N–H and O–H groups in total. The fourth-order valence-electron chi connectivity index (χ4n) is 3.86. The first-order valence-electron chi connectivity index (χ1n) is 17.4. The van der Waals surface area contributed by atoms with Crippen molar-refractivity contribution in [2.45, 2.75) is 13.1 Å². The number of likely N-dealkylation sites (N-methyl/N-ethyl adjacent to an activating group) is 2. The number of nitrogens with zero attached hydrogens (tertiary/aromatic N) is 6. The second-order valence-electron chi connectivity index (χ2n) is 11.9. The van der Waals surface area contributed by atoms with Crippen LogP contribution in [0.25, 0.3) is 0 Å². The summed E-state index contributed by atoms with van der Waals surface area (Å²) in [6, 6.07) is 20.7. The summed E-state index contributed by atoms with van der Waals surface area (Å²) in [4.78, 5) is 77.2. The molecular formula is C40H44N6O12S2-6. The summed E-state index contributed by atoms with van der Waals surface area (Å²) >= 11 is 3.59. The van der Waals surface area contributed by atoms with Crippen LogP contribution in [0.1, 0.15) is 9.75 Å². The van der Waals surface area contributed by atoms with Gasteiger partial charge in [-0.15, -0.1) is 22.7 Å². The number of carboxylic acid groups (broad SMARTS) is 6. The van der Waals surface area contributed by atoms with Crippen LogP contribution in [0.3, 0.4) is 0 Å². The monoisotopic (exact) mass is 864 g/mol. The van der Waals surface area contributed by atoms with E-state index in [-0.39, 0.29) is 0 Å². The minimum atomic E-state index is -1.55. The van der Waals surface area contributed by atoms with Crippen molar-refractivity contribution in [1.29, 1.82) is 0 Å². The van der Waals surface area contributed by atoms with E-state index in [1.54, 1.807) is 22.7 Å². The fraction of sp³-hybridized carbons (Fsp3) is 0.250. The third-order valence-corrected chi connectivity index (χ3v) is 8.22. The largest absolute Gasteiger partial charge is 0.545 e. The molecule has 0 radical (unpaired) electrons. The summed E-state index contributed by atoms with van der Waals surface area (Å²) in [5, 5.41) is 60.7. The molecular weight excluding hydrogens is 821 g/mol. The number of carbonyl (C=O) groups excluding carboxylic acids is 6. The molecule has 0 atom stereocenters. The van der Waals surface area contributed by atoms with E-state index in [1.807, 2.05) is 36.7 Å². The maximum Gasteiger partial charge on any atom is 0.128 e. The van der Waals surface area contributed by atoms with E-state index >= 15 is 0 Å². The van der Waals surface area contributed by atoms with E-state index in [2.05, 4.69) is 105 Å². The normalized spacial score (nSPS) is 10.3. The highest BCUT2D eigenvalue weighted by Gasteiger charge is 2.10. The molecule has 4 rings (SSSR count). The number of aliphatic carboxylic acids is 6. The number of hydrogen-bond acceptors (Lipinski definition) is 20. The van der Waals surface area contributed by atoms with Crippen LogP contribution in [0.2, 0.25) is 0 Å². The molecule has 0 fully saturated rings. The molecule has 0 aromatic carbocycles. The van der Waals surface area contributed by atoms with Gasteiger partial charge in [0.15, 0.2) is 0 Å². The molecule has 18 nitrogen and oxygen atoms in total. The van der Waals surface area contributed by atoms with Crippen molar-refractivity contribution in [3.8, 4) is 0 Å². The molecule has 60 heavy (non-hydrogen) atoms. The average molecular weight is 865 g/mol. The predicted molar refractivity (Wildman–Crippen MR) is 214 cm³/mol. The van der Waals surface area contributed by atoms with Crippen LogP contribution < -0.4 is 40.4 Å². The Hall–Kier alpha value is -6.74. The second kappa shape index (κ2) is 32.2. The van der Waals surface area contributed by atoms with Gasteiger partial charge < -0.3 is 79.0 Å². The number of carboxylic acids is 6. The quantitative estimate of drug-likeness (QED) is 0.0879. The maximum absolute atomic E-state index is 9.41. The standard InChI is InChI=1S/2C14H19N3S.3C4H4O4/c2*1-16(2)9-10-17(12-13-6-5-11-18-13)14-7-3-4-8-15-14;3*5-3(6)1-2-4(7)8/h2*3-8,11H,9-10,12H2,1-2H3;3*1-2H,(H,5,6)(H,7,8)/p-6/b;;3*2-1+. The van der Waals surface area contributed by atoms with Gasteiger partial charge in [-0.2, -0.15) is 0 Å². The van der Waals surface area contributed by atoms with Gasteiger partial charge >= 0.3 is 0 Å². The third-order valence-electron chi connectivity index (χ3n) is 6.50. The zero-order valence-corrected chi connectivity index (χ0v) is 34.8. The molecule has 0 aliphatic rings. The maximum atomic E-state index is 9.41. The minimum Gasteiger partial charge on any atom is -0.545 e. The van der Waals surface area contributed by atoms with Crippen LogP contribution in [0.4, 0.5) is 11.6 Å². The number of hydrogen-bond donors (Lipinski definition) is 0. The summed E-state index contributed by atoms with van der Waals surface area (Å²) in [5.41, 5.74) is 0. The van der Waals surface area contributed by atoms with Crippen LogP contribution in [0, 0.1) is 0 Å². The Morgan fingerprint density at radius 2 is 0.767 bits per heavy atom. The Morgan fingerprint density at radius 3 is 0.967 bits per heavy atom. The molecule has 4 aromatic rings. The van der Waals surface area contributed by atoms with Gasteiger partial charge in [-0.25, -0.2) is 9.97 Å². The van der Waals surface area contributed by atoms with E-state index in [0.29, 0.717) is 36.5 Å². The third kappa shape index (κ3) is 31.4. The summed E-state index contributed by atoms with van der Waals surface area (Å²) in [5.74, 6) is -7.18. The molecule has 0 bridgehead atoms. The molecule has 0 aliphatic carbocycles. The lowest BCUT2D eigenvalue weighted by molar-refractivity contribution is -0.301. The van der Waals surface area contributed by atoms with Crippen molar-refractivity contribution in [2.24, 2.45) is 0 Å². The number of carbonyl (C=O) groups is 6. The summed E-state index contributed by atoms with van der Waals surface area (Å²) in [6.45, 7) is 5.90. The van der Waals surface area contributed by atoms with E-state index < -0.39 is 35.8 Å². The molecule has 0 spiro atoms. The Bertz CT molecular complexity index is 1690. The lowest BCUT2D eigenvalue weighted by Crippen LogP contribution is -2.31. The van der Waals surface area contributed by atoms with Crippen LogP contribution in [-0.2, 0) is 41.9 Å². The zero-order chi connectivity index (χ0) is 45.3. The van der Waals surface area contributed by atoms with E-state index in [0.717, 1.165) is 50.9 Å². The molecule has 324 valence electrons. The summed E-state index contributed by atoms with van der Waals surface area (Å²) < 4.78 is 0. The Balaban J connectivity index is 0.000000772. The fourth-order valence-corrected chi connectivity index (χ4v) is 5.30. The smallest absolute Gasteiger partial charge is 0.128 e. The van der Waals surface area contributed by atoms with Gasteiger partial charge in [0.2, 0.25) is 0 Å². The molecule has 0 saturated heterocycles. The first kappa shape index (κ1) is 53.3. The Morgan fingerprint density at radius 1 is 0.467 bits per heavy atom. The van der Waals surface area contributed by atoms with Crippen LogP contribution in [0.15, 0.2) is 120 Å². The highest BCUT2D eigenvalue weighted by molar-refractivity contribution is 7.10. The number of pyridine rings is 2. The van der Waals surface area contributed by atoms with Crippen molar-refractivity contribution in [3.63, 3.8) is 0 Å². The number of aromatic nitrogens is 2. The highest BCUT2D eigenvalue weighted by atomic mass is 32.1. The molecule has 4 aromatic heterocycles. The second-order valence-corrected chi connectivity index (χ2v) is 14.0. The topological polar surface area (TPSA) is 280 Å². The molecule has 0 amide bonds. The number of thiophene rings is 2. The summed E-state index contributed by atoms with van der Waals surface area (Å²) in [6.07, 6.45) is 6.01. The van der Waals surface area contributed by atoms with Gasteiger partial charge in [0.05, 0.1) is 48.9 Å². The van der Waals surface area contributed by atoms with Crippen LogP contribution >= 0.6 is 22.7 Å². The van der Waals surface area contributed by atoms with Crippen LogP contribution in [-0.4, -0.2) is 110 Å².